The molecule has 1 aromatic rings. The molecule has 5 nitrogen and oxygen atoms in total. The fraction of sp³-hybridized carbons (Fsp3) is 0.636. The number of nitrogens with zero attached hydrogens (tertiary/aromatic N) is 3. The summed E-state index contributed by atoms with van der Waals surface area (Å²) in [6.07, 6.45) is 0.987. The summed E-state index contributed by atoms with van der Waals surface area (Å²) in [6.45, 7) is 5.48. The molecule has 17 heavy (non-hydrogen) atoms. The molecule has 3 N–H and O–H groups in total. The Hall–Kier alpha value is -1.14. The normalized spacial score (nSPS) is 10.6. The Morgan fingerprint density at radius 3 is 2.65 bits per heavy atom. The van der Waals surface area contributed by atoms with E-state index in [-0.39, 0.29) is 6.61 Å². The number of hydrogen-bond acceptors (Lipinski definition) is 4. The van der Waals surface area contributed by atoms with Gasteiger partial charge in [-0.25, -0.2) is 0 Å². The second kappa shape index (κ2) is 5.97. The Kier molecular flexibility index (Phi) is 4.89. The predicted octanol–water partition coefficient (Wildman–Crippen LogP) is 0.571. The number of nitrogens with two attached hydrogens (primary N) is 1. The van der Waals surface area contributed by atoms with Crippen LogP contribution in [0.25, 0.3) is 0 Å². The van der Waals surface area contributed by atoms with Crippen molar-refractivity contribution < 1.29 is 5.11 Å². The van der Waals surface area contributed by atoms with Gasteiger partial charge in [-0.15, -0.1) is 0 Å². The summed E-state index contributed by atoms with van der Waals surface area (Å²) in [5.74, 6) is 0.894. The van der Waals surface area contributed by atoms with Crippen LogP contribution < -0.4 is 10.6 Å². The lowest BCUT2D eigenvalue weighted by Crippen LogP contribution is -2.31. The van der Waals surface area contributed by atoms with Crippen LogP contribution in [0.3, 0.4) is 0 Å². The fourth-order valence-corrected chi connectivity index (χ4v) is 2.25. The molecule has 0 saturated heterocycles. The molecule has 0 spiro atoms. The van der Waals surface area contributed by atoms with Gasteiger partial charge in [0.15, 0.2) is 0 Å². The Bertz CT molecular complexity index is 396. The molecule has 0 bridgehead atoms. The van der Waals surface area contributed by atoms with Crippen molar-refractivity contribution >= 4 is 23.0 Å². The van der Waals surface area contributed by atoms with Gasteiger partial charge in [0, 0.05) is 20.1 Å². The monoisotopic (exact) mass is 256 g/mol. The lowest BCUT2D eigenvalue weighted by molar-refractivity contribution is 0.301. The minimum atomic E-state index is 0.0982. The van der Waals surface area contributed by atoms with E-state index in [1.54, 1.807) is 4.68 Å². The first-order chi connectivity index (χ1) is 8.02. The molecule has 1 heterocycles. The van der Waals surface area contributed by atoms with Crippen LogP contribution >= 0.6 is 12.2 Å². The van der Waals surface area contributed by atoms with E-state index < -0.39 is 0 Å². The van der Waals surface area contributed by atoms with E-state index in [0.29, 0.717) is 11.5 Å². The van der Waals surface area contributed by atoms with Gasteiger partial charge in [0.05, 0.1) is 17.9 Å². The first kappa shape index (κ1) is 13.9. The Labute approximate surface area is 107 Å². The summed E-state index contributed by atoms with van der Waals surface area (Å²) in [6, 6.07) is 0. The Morgan fingerprint density at radius 2 is 2.18 bits per heavy atom. The molecule has 1 aromatic heterocycles. The van der Waals surface area contributed by atoms with Crippen molar-refractivity contribution in [2.45, 2.75) is 20.3 Å². The van der Waals surface area contributed by atoms with Crippen molar-refractivity contribution in [2.24, 2.45) is 12.8 Å². The van der Waals surface area contributed by atoms with Gasteiger partial charge in [-0.3, -0.25) is 4.68 Å². The van der Waals surface area contributed by atoms with E-state index in [4.69, 9.17) is 23.1 Å². The highest BCUT2D eigenvalue weighted by Crippen LogP contribution is 2.23. The number of aliphatic hydroxyl groups excluding tert-OH is 1. The lowest BCUT2D eigenvalue weighted by atomic mass is 10.2. The SMILES string of the molecule is CCCN(CCO)c1c(C(N)=S)c(C)nn1C. The van der Waals surface area contributed by atoms with Crippen LogP contribution in [0.15, 0.2) is 0 Å². The smallest absolute Gasteiger partial charge is 0.137 e. The van der Waals surface area contributed by atoms with Gasteiger partial charge in [-0.05, 0) is 13.3 Å². The third-order valence-corrected chi connectivity index (χ3v) is 2.81. The highest BCUT2D eigenvalue weighted by atomic mass is 32.1. The largest absolute Gasteiger partial charge is 0.395 e. The highest BCUT2D eigenvalue weighted by Gasteiger charge is 2.20. The number of aliphatic hydroxyl groups is 1. The van der Waals surface area contributed by atoms with Gasteiger partial charge in [0.2, 0.25) is 0 Å². The number of aryl methyl sites for hydroxylation is 2. The van der Waals surface area contributed by atoms with Crippen molar-refractivity contribution in [1.82, 2.24) is 9.78 Å². The van der Waals surface area contributed by atoms with Gasteiger partial charge in [0.1, 0.15) is 10.8 Å². The molecule has 0 aliphatic heterocycles. The van der Waals surface area contributed by atoms with E-state index in [1.807, 2.05) is 14.0 Å². The van der Waals surface area contributed by atoms with Crippen molar-refractivity contribution in [3.8, 4) is 0 Å². The molecule has 0 aromatic carbocycles. The first-order valence-corrected chi connectivity index (χ1v) is 6.12. The van der Waals surface area contributed by atoms with Gasteiger partial charge >= 0.3 is 0 Å². The van der Waals surface area contributed by atoms with Crippen LogP contribution in [0.5, 0.6) is 0 Å². The predicted molar refractivity (Wildman–Crippen MR) is 73.4 cm³/mol. The van der Waals surface area contributed by atoms with E-state index in [0.717, 1.165) is 30.0 Å². The zero-order valence-corrected chi connectivity index (χ0v) is 11.4. The Morgan fingerprint density at radius 1 is 1.53 bits per heavy atom. The first-order valence-electron chi connectivity index (χ1n) is 5.72. The molecule has 0 atom stereocenters. The maximum atomic E-state index is 9.12. The summed E-state index contributed by atoms with van der Waals surface area (Å²) in [5, 5.41) is 13.5. The van der Waals surface area contributed by atoms with Crippen LogP contribution in [0.4, 0.5) is 5.82 Å². The van der Waals surface area contributed by atoms with Crippen molar-refractivity contribution in [3.63, 3.8) is 0 Å². The molecule has 0 amide bonds. The number of hydrogen-bond donors (Lipinski definition) is 2. The topological polar surface area (TPSA) is 67.3 Å². The van der Waals surface area contributed by atoms with Crippen LogP contribution in [0.1, 0.15) is 24.6 Å². The van der Waals surface area contributed by atoms with E-state index in [2.05, 4.69) is 16.9 Å². The molecular weight excluding hydrogens is 236 g/mol. The molecular formula is C11H20N4OS. The fourth-order valence-electron chi connectivity index (χ4n) is 2.01. The molecule has 6 heteroatoms. The summed E-state index contributed by atoms with van der Waals surface area (Å²) in [5.41, 5.74) is 7.39. The maximum Gasteiger partial charge on any atom is 0.137 e. The maximum absolute atomic E-state index is 9.12. The van der Waals surface area contributed by atoms with Gasteiger partial charge in [-0.1, -0.05) is 19.1 Å². The minimum Gasteiger partial charge on any atom is -0.395 e. The number of thiocarbonyl (C=S) groups is 1. The molecule has 1 rings (SSSR count). The molecule has 0 radical (unpaired) electrons. The van der Waals surface area contributed by atoms with Crippen molar-refractivity contribution in [2.75, 3.05) is 24.6 Å². The molecule has 96 valence electrons. The summed E-state index contributed by atoms with van der Waals surface area (Å²) in [7, 11) is 1.87. The van der Waals surface area contributed by atoms with Crippen LogP contribution in [0.2, 0.25) is 0 Å². The Balaban J connectivity index is 3.20. The third-order valence-electron chi connectivity index (χ3n) is 2.60. The molecule has 0 saturated carbocycles. The van der Waals surface area contributed by atoms with Crippen LogP contribution in [-0.4, -0.2) is 39.6 Å². The van der Waals surface area contributed by atoms with Gasteiger partial charge in [-0.2, -0.15) is 5.10 Å². The van der Waals surface area contributed by atoms with Crippen molar-refractivity contribution in [1.29, 1.82) is 0 Å². The average Bonchev–Trinajstić information content (AvgIpc) is 2.53. The van der Waals surface area contributed by atoms with Gasteiger partial charge in [0.25, 0.3) is 0 Å². The van der Waals surface area contributed by atoms with Crippen LogP contribution in [-0.2, 0) is 7.05 Å². The molecule has 0 fully saturated rings. The van der Waals surface area contributed by atoms with E-state index in [9.17, 15) is 0 Å². The molecule has 0 aliphatic rings. The van der Waals surface area contributed by atoms with Crippen molar-refractivity contribution in [3.05, 3.63) is 11.3 Å². The number of anilines is 1. The quantitative estimate of drug-likeness (QED) is 0.728. The highest BCUT2D eigenvalue weighted by molar-refractivity contribution is 7.80. The summed E-state index contributed by atoms with van der Waals surface area (Å²) in [4.78, 5) is 2.42. The zero-order valence-electron chi connectivity index (χ0n) is 10.6. The zero-order chi connectivity index (χ0) is 13.0. The number of aromatic nitrogens is 2. The average molecular weight is 256 g/mol. The van der Waals surface area contributed by atoms with E-state index >= 15 is 0 Å². The third kappa shape index (κ3) is 2.95. The van der Waals surface area contributed by atoms with Crippen LogP contribution in [0, 0.1) is 6.92 Å². The summed E-state index contributed by atoms with van der Waals surface area (Å²) >= 11 is 5.07. The standard InChI is InChI=1S/C11H20N4OS/c1-4-5-15(6-7-16)11-9(10(12)17)8(2)13-14(11)3/h16H,4-7H2,1-3H3,(H2,12,17). The van der Waals surface area contributed by atoms with Gasteiger partial charge < -0.3 is 15.7 Å². The number of rotatable bonds is 6. The lowest BCUT2D eigenvalue weighted by Gasteiger charge is -2.24. The second-order valence-corrected chi connectivity index (χ2v) is 4.42. The second-order valence-electron chi connectivity index (χ2n) is 3.98. The summed E-state index contributed by atoms with van der Waals surface area (Å²) < 4.78 is 1.77. The molecule has 0 unspecified atom stereocenters. The molecule has 0 aliphatic carbocycles. The minimum absolute atomic E-state index is 0.0982. The van der Waals surface area contributed by atoms with E-state index in [1.165, 1.54) is 0 Å².